The molecule has 1 heterocycles. The molecule has 88 valence electrons. The molecule has 0 saturated carbocycles. The number of carbonyl (C=O) groups excluding carboxylic acids is 1. The lowest BCUT2D eigenvalue weighted by atomic mass is 10.2. The first-order chi connectivity index (χ1) is 8.08. The lowest BCUT2D eigenvalue weighted by Crippen LogP contribution is -2.45. The van der Waals surface area contributed by atoms with E-state index in [4.69, 9.17) is 18.0 Å². The van der Waals surface area contributed by atoms with Crippen molar-refractivity contribution in [1.29, 1.82) is 0 Å². The minimum Gasteiger partial charge on any atom is -0.375 e. The van der Waals surface area contributed by atoms with Crippen LogP contribution < -0.4 is 11.2 Å². The normalized spacial score (nSPS) is 10.2. The molecule has 0 aliphatic carbocycles. The van der Waals surface area contributed by atoms with Crippen LogP contribution in [-0.2, 0) is 0 Å². The average Bonchev–Trinajstić information content (AvgIpc) is 2.72. The Morgan fingerprint density at radius 3 is 2.82 bits per heavy atom. The Morgan fingerprint density at radius 1 is 1.47 bits per heavy atom. The summed E-state index contributed by atoms with van der Waals surface area (Å²) in [6.07, 6.45) is 0. The number of amides is 1. The Labute approximate surface area is 108 Å². The van der Waals surface area contributed by atoms with Gasteiger partial charge in [-0.1, -0.05) is 18.2 Å². The van der Waals surface area contributed by atoms with Crippen molar-refractivity contribution in [3.05, 3.63) is 35.2 Å². The average molecular weight is 265 g/mol. The van der Waals surface area contributed by atoms with Crippen LogP contribution in [0.5, 0.6) is 0 Å². The van der Waals surface area contributed by atoms with E-state index in [2.05, 4.69) is 5.43 Å². The van der Waals surface area contributed by atoms with Gasteiger partial charge in [0, 0.05) is 11.7 Å². The fourth-order valence-corrected chi connectivity index (χ4v) is 2.35. The highest BCUT2D eigenvalue weighted by Crippen LogP contribution is 2.24. The Bertz CT molecular complexity index is 546. The van der Waals surface area contributed by atoms with Crippen LogP contribution in [0.4, 0.5) is 0 Å². The zero-order valence-electron chi connectivity index (χ0n) is 9.14. The number of rotatable bonds is 1. The molecule has 1 aromatic heterocycles. The van der Waals surface area contributed by atoms with Crippen LogP contribution >= 0.6 is 23.6 Å². The first kappa shape index (κ1) is 11.8. The summed E-state index contributed by atoms with van der Waals surface area (Å²) in [5, 5.41) is 2.50. The van der Waals surface area contributed by atoms with Crippen molar-refractivity contribution in [2.75, 3.05) is 7.05 Å². The van der Waals surface area contributed by atoms with E-state index in [9.17, 15) is 4.79 Å². The molecule has 3 N–H and O–H groups in total. The molecular formula is C11H11N3OS2. The highest BCUT2D eigenvalue weighted by molar-refractivity contribution is 7.80. The Kier molecular flexibility index (Phi) is 3.26. The van der Waals surface area contributed by atoms with E-state index in [1.54, 1.807) is 7.05 Å². The van der Waals surface area contributed by atoms with Crippen molar-refractivity contribution in [3.8, 4) is 0 Å². The van der Waals surface area contributed by atoms with E-state index in [1.807, 2.05) is 30.3 Å². The van der Waals surface area contributed by atoms with Crippen LogP contribution in [0, 0.1) is 0 Å². The first-order valence-corrected chi connectivity index (χ1v) is 6.13. The summed E-state index contributed by atoms with van der Waals surface area (Å²) in [4.78, 5) is 12.5. The summed E-state index contributed by atoms with van der Waals surface area (Å²) in [6.45, 7) is 0. The summed E-state index contributed by atoms with van der Waals surface area (Å²) in [7, 11) is 1.60. The fraction of sp³-hybridized carbons (Fsp3) is 0.0909. The third-order valence-corrected chi connectivity index (χ3v) is 3.64. The molecular weight excluding hydrogens is 254 g/mol. The van der Waals surface area contributed by atoms with E-state index in [0.29, 0.717) is 4.88 Å². The van der Waals surface area contributed by atoms with Gasteiger partial charge in [0.25, 0.3) is 5.91 Å². The van der Waals surface area contributed by atoms with Gasteiger partial charge >= 0.3 is 0 Å². The van der Waals surface area contributed by atoms with E-state index in [1.165, 1.54) is 16.3 Å². The number of hydrogen-bond acceptors (Lipinski definition) is 3. The molecule has 0 atom stereocenters. The molecule has 0 fully saturated rings. The van der Waals surface area contributed by atoms with E-state index in [-0.39, 0.29) is 11.0 Å². The van der Waals surface area contributed by atoms with Crippen molar-refractivity contribution >= 4 is 44.7 Å². The van der Waals surface area contributed by atoms with Crippen molar-refractivity contribution in [2.45, 2.75) is 0 Å². The molecule has 0 radical (unpaired) electrons. The number of benzene rings is 1. The van der Waals surface area contributed by atoms with Gasteiger partial charge in [-0.25, -0.2) is 0 Å². The molecule has 17 heavy (non-hydrogen) atoms. The second kappa shape index (κ2) is 4.68. The number of nitrogens with two attached hydrogens (primary N) is 1. The zero-order valence-corrected chi connectivity index (χ0v) is 10.8. The maximum atomic E-state index is 11.9. The van der Waals surface area contributed by atoms with Gasteiger partial charge in [-0.3, -0.25) is 15.2 Å². The predicted octanol–water partition coefficient (Wildman–Crippen LogP) is 1.72. The molecule has 1 amide bonds. The quantitative estimate of drug-likeness (QED) is 0.609. The number of carbonyl (C=O) groups is 1. The number of nitrogens with zero attached hydrogens (tertiary/aromatic N) is 1. The molecule has 0 bridgehead atoms. The van der Waals surface area contributed by atoms with E-state index >= 15 is 0 Å². The fourth-order valence-electron chi connectivity index (χ4n) is 1.36. The summed E-state index contributed by atoms with van der Waals surface area (Å²) in [5.41, 5.74) is 7.98. The summed E-state index contributed by atoms with van der Waals surface area (Å²) in [6, 6.07) is 9.69. The number of fused-ring (bicyclic) bond motifs is 1. The second-order valence-electron chi connectivity index (χ2n) is 3.49. The van der Waals surface area contributed by atoms with Gasteiger partial charge < -0.3 is 5.73 Å². The molecule has 0 spiro atoms. The van der Waals surface area contributed by atoms with E-state index < -0.39 is 0 Å². The summed E-state index contributed by atoms with van der Waals surface area (Å²) >= 11 is 6.18. The lowest BCUT2D eigenvalue weighted by Gasteiger charge is -2.16. The van der Waals surface area contributed by atoms with Crippen molar-refractivity contribution in [2.24, 2.45) is 5.73 Å². The molecule has 0 saturated heterocycles. The maximum Gasteiger partial charge on any atom is 0.279 e. The van der Waals surface area contributed by atoms with Crippen LogP contribution in [-0.4, -0.2) is 23.1 Å². The predicted molar refractivity (Wildman–Crippen MR) is 73.8 cm³/mol. The van der Waals surface area contributed by atoms with Gasteiger partial charge in [0.05, 0.1) is 4.88 Å². The number of thiophene rings is 1. The first-order valence-electron chi connectivity index (χ1n) is 4.90. The summed E-state index contributed by atoms with van der Waals surface area (Å²) < 4.78 is 1.08. The Hall–Kier alpha value is -1.66. The highest BCUT2D eigenvalue weighted by atomic mass is 32.1. The minimum absolute atomic E-state index is 0.125. The van der Waals surface area contributed by atoms with Gasteiger partial charge in [0.1, 0.15) is 0 Å². The van der Waals surface area contributed by atoms with E-state index in [0.717, 1.165) is 10.1 Å². The number of hydrazine groups is 1. The SMILES string of the molecule is CN(NC(=O)c1cc2ccccc2s1)C(N)=S. The maximum absolute atomic E-state index is 11.9. The summed E-state index contributed by atoms with van der Waals surface area (Å²) in [5.74, 6) is -0.207. The molecule has 1 aromatic carbocycles. The van der Waals surface area contributed by atoms with Crippen molar-refractivity contribution in [1.82, 2.24) is 10.4 Å². The van der Waals surface area contributed by atoms with Gasteiger partial charge in [0.2, 0.25) is 0 Å². The van der Waals surface area contributed by atoms with Gasteiger partial charge in [-0.05, 0) is 29.7 Å². The van der Waals surface area contributed by atoms with Crippen LogP contribution in [0.15, 0.2) is 30.3 Å². The van der Waals surface area contributed by atoms with Gasteiger partial charge in [0.15, 0.2) is 5.11 Å². The molecule has 0 unspecified atom stereocenters. The van der Waals surface area contributed by atoms with Gasteiger partial charge in [-0.2, -0.15) is 0 Å². The largest absolute Gasteiger partial charge is 0.375 e. The second-order valence-corrected chi connectivity index (χ2v) is 4.99. The van der Waals surface area contributed by atoms with Gasteiger partial charge in [-0.15, -0.1) is 11.3 Å². The molecule has 2 rings (SSSR count). The smallest absolute Gasteiger partial charge is 0.279 e. The molecule has 0 aliphatic rings. The van der Waals surface area contributed by atoms with Crippen molar-refractivity contribution < 1.29 is 4.79 Å². The molecule has 2 aromatic rings. The monoisotopic (exact) mass is 265 g/mol. The molecule has 4 nitrogen and oxygen atoms in total. The highest BCUT2D eigenvalue weighted by Gasteiger charge is 2.11. The third-order valence-electron chi connectivity index (χ3n) is 2.25. The molecule has 0 aliphatic heterocycles. The Balaban J connectivity index is 2.22. The number of thiocarbonyl (C=S) groups is 1. The number of nitrogens with one attached hydrogen (secondary N) is 1. The molecule has 6 heteroatoms. The lowest BCUT2D eigenvalue weighted by molar-refractivity contribution is 0.0892. The zero-order chi connectivity index (χ0) is 12.4. The topological polar surface area (TPSA) is 58.4 Å². The van der Waals surface area contributed by atoms with Crippen LogP contribution in [0.2, 0.25) is 0 Å². The standard InChI is InChI=1S/C11H11N3OS2/c1-14(11(12)16)13-10(15)9-6-7-4-2-3-5-8(7)17-9/h2-6H,1H3,(H2,12,16)(H,13,15). The van der Waals surface area contributed by atoms with Crippen LogP contribution in [0.3, 0.4) is 0 Å². The minimum atomic E-state index is -0.207. The van der Waals surface area contributed by atoms with Crippen LogP contribution in [0.1, 0.15) is 9.67 Å². The Morgan fingerprint density at radius 2 is 2.18 bits per heavy atom. The van der Waals surface area contributed by atoms with Crippen molar-refractivity contribution in [3.63, 3.8) is 0 Å². The third kappa shape index (κ3) is 2.54. The number of hydrogen-bond donors (Lipinski definition) is 2. The van der Waals surface area contributed by atoms with Crippen LogP contribution in [0.25, 0.3) is 10.1 Å².